The molecule has 1 fully saturated rings. The molecule has 1 saturated heterocycles. The number of nitrogens with one attached hydrogen (secondary N) is 1. The summed E-state index contributed by atoms with van der Waals surface area (Å²) < 4.78 is 0. The number of likely N-dealkylation sites (N-methyl/N-ethyl adjacent to an activating group) is 1. The maximum absolute atomic E-state index is 12.4. The van der Waals surface area contributed by atoms with Crippen molar-refractivity contribution >= 4 is 11.8 Å². The van der Waals surface area contributed by atoms with Crippen molar-refractivity contribution in [2.75, 3.05) is 6.54 Å². The van der Waals surface area contributed by atoms with Crippen molar-refractivity contribution < 1.29 is 9.59 Å². The summed E-state index contributed by atoms with van der Waals surface area (Å²) in [5.74, 6) is 0.480. The highest BCUT2D eigenvalue weighted by Crippen LogP contribution is 2.23. The van der Waals surface area contributed by atoms with Crippen molar-refractivity contribution in [3.05, 3.63) is 0 Å². The highest BCUT2D eigenvalue weighted by atomic mass is 16.2. The van der Waals surface area contributed by atoms with Crippen LogP contribution in [0.3, 0.4) is 0 Å². The van der Waals surface area contributed by atoms with Crippen LogP contribution in [-0.2, 0) is 9.59 Å². The van der Waals surface area contributed by atoms with Crippen molar-refractivity contribution in [1.82, 2.24) is 10.2 Å². The first kappa shape index (κ1) is 15.0. The number of rotatable bonds is 5. The monoisotopic (exact) mass is 254 g/mol. The second-order valence-corrected chi connectivity index (χ2v) is 5.33. The molecule has 1 heterocycles. The van der Waals surface area contributed by atoms with Crippen LogP contribution in [0.1, 0.15) is 47.5 Å². The fraction of sp³-hybridized carbons (Fsp3) is 0.857. The molecule has 0 bridgehead atoms. The van der Waals surface area contributed by atoms with Crippen LogP contribution in [0.2, 0.25) is 0 Å². The highest BCUT2D eigenvalue weighted by molar-refractivity contribution is 5.97. The molecule has 2 amide bonds. The molecule has 0 aromatic heterocycles. The van der Waals surface area contributed by atoms with Crippen LogP contribution in [0.5, 0.6) is 0 Å². The van der Waals surface area contributed by atoms with E-state index in [4.69, 9.17) is 0 Å². The average molecular weight is 254 g/mol. The molecular weight excluding hydrogens is 228 g/mol. The molecule has 4 nitrogen and oxygen atoms in total. The fourth-order valence-corrected chi connectivity index (χ4v) is 2.52. The number of hydrogen-bond donors (Lipinski definition) is 1. The minimum atomic E-state index is -0.345. The van der Waals surface area contributed by atoms with Crippen LogP contribution in [0.4, 0.5) is 0 Å². The van der Waals surface area contributed by atoms with E-state index < -0.39 is 0 Å². The number of hydrogen-bond acceptors (Lipinski definition) is 2. The molecule has 1 aliphatic heterocycles. The third kappa shape index (κ3) is 2.68. The van der Waals surface area contributed by atoms with Gasteiger partial charge in [-0.15, -0.1) is 0 Å². The van der Waals surface area contributed by atoms with Gasteiger partial charge in [0.2, 0.25) is 11.8 Å². The molecule has 0 saturated carbocycles. The van der Waals surface area contributed by atoms with E-state index in [1.165, 1.54) is 0 Å². The van der Waals surface area contributed by atoms with Crippen LogP contribution in [0, 0.1) is 11.8 Å². The molecule has 0 aromatic carbocycles. The fourth-order valence-electron chi connectivity index (χ4n) is 2.52. The Morgan fingerprint density at radius 2 is 1.67 bits per heavy atom. The lowest BCUT2D eigenvalue weighted by atomic mass is 9.89. The van der Waals surface area contributed by atoms with Gasteiger partial charge >= 0.3 is 0 Å². The largest absolute Gasteiger partial charge is 0.342 e. The van der Waals surface area contributed by atoms with Crippen molar-refractivity contribution in [1.29, 1.82) is 0 Å². The van der Waals surface area contributed by atoms with E-state index in [1.54, 1.807) is 4.90 Å². The first-order chi connectivity index (χ1) is 8.47. The van der Waals surface area contributed by atoms with Gasteiger partial charge in [0, 0.05) is 6.54 Å². The maximum atomic E-state index is 12.4. The topological polar surface area (TPSA) is 49.4 Å². The number of carbonyl (C=O) groups is 2. The SMILES string of the molecule is CCC(C)C1NC(=O)C(C(C)CC)N(CC)C1=O. The zero-order valence-electron chi connectivity index (χ0n) is 12.2. The van der Waals surface area contributed by atoms with Gasteiger partial charge in [-0.1, -0.05) is 40.5 Å². The first-order valence-electron chi connectivity index (χ1n) is 7.08. The normalized spacial score (nSPS) is 27.9. The van der Waals surface area contributed by atoms with E-state index in [0.717, 1.165) is 12.8 Å². The lowest BCUT2D eigenvalue weighted by Gasteiger charge is -2.42. The second kappa shape index (κ2) is 6.21. The van der Waals surface area contributed by atoms with Gasteiger partial charge < -0.3 is 10.2 Å². The van der Waals surface area contributed by atoms with E-state index >= 15 is 0 Å². The third-order valence-electron chi connectivity index (χ3n) is 4.19. The molecule has 1 N–H and O–H groups in total. The smallest absolute Gasteiger partial charge is 0.246 e. The molecule has 4 unspecified atom stereocenters. The van der Waals surface area contributed by atoms with Gasteiger partial charge in [0.05, 0.1) is 0 Å². The molecule has 1 aliphatic rings. The summed E-state index contributed by atoms with van der Waals surface area (Å²) in [5, 5.41) is 2.92. The Hall–Kier alpha value is -1.06. The zero-order valence-corrected chi connectivity index (χ0v) is 12.2. The molecule has 0 radical (unpaired) electrons. The Kier molecular flexibility index (Phi) is 5.17. The summed E-state index contributed by atoms with van der Waals surface area (Å²) in [4.78, 5) is 26.4. The van der Waals surface area contributed by atoms with Crippen molar-refractivity contribution in [2.45, 2.75) is 59.5 Å². The maximum Gasteiger partial charge on any atom is 0.246 e. The standard InChI is InChI=1S/C14H26N2O2/c1-6-9(4)11-14(18)16(8-3)12(10(5)7-2)13(17)15-11/h9-12H,6-8H2,1-5H3,(H,15,17). The highest BCUT2D eigenvalue weighted by Gasteiger charge is 2.43. The molecule has 104 valence electrons. The molecular formula is C14H26N2O2. The van der Waals surface area contributed by atoms with E-state index in [1.807, 2.05) is 27.7 Å². The molecule has 4 atom stereocenters. The summed E-state index contributed by atoms with van der Waals surface area (Å²) in [5.41, 5.74) is 0. The minimum Gasteiger partial charge on any atom is -0.342 e. The van der Waals surface area contributed by atoms with Gasteiger partial charge in [0.25, 0.3) is 0 Å². The Bertz CT molecular complexity index is 317. The van der Waals surface area contributed by atoms with Gasteiger partial charge in [-0.05, 0) is 18.8 Å². The zero-order chi connectivity index (χ0) is 13.9. The lowest BCUT2D eigenvalue weighted by Crippen LogP contribution is -2.66. The molecule has 0 spiro atoms. The Labute approximate surface area is 110 Å². The van der Waals surface area contributed by atoms with Gasteiger partial charge in [0.1, 0.15) is 12.1 Å². The number of carbonyl (C=O) groups excluding carboxylic acids is 2. The van der Waals surface area contributed by atoms with Crippen LogP contribution in [0.15, 0.2) is 0 Å². The summed E-state index contributed by atoms with van der Waals surface area (Å²) in [6.45, 7) is 10.7. The quantitative estimate of drug-likeness (QED) is 0.813. The Morgan fingerprint density at radius 1 is 1.11 bits per heavy atom. The summed E-state index contributed by atoms with van der Waals surface area (Å²) in [6.07, 6.45) is 1.79. The van der Waals surface area contributed by atoms with Gasteiger partial charge in [0.15, 0.2) is 0 Å². The predicted octanol–water partition coefficient (Wildman–Crippen LogP) is 1.79. The van der Waals surface area contributed by atoms with Crippen LogP contribution < -0.4 is 5.32 Å². The second-order valence-electron chi connectivity index (χ2n) is 5.33. The Morgan fingerprint density at radius 3 is 2.11 bits per heavy atom. The lowest BCUT2D eigenvalue weighted by molar-refractivity contribution is -0.152. The number of piperazine rings is 1. The molecule has 4 heteroatoms. The third-order valence-corrected chi connectivity index (χ3v) is 4.19. The van der Waals surface area contributed by atoms with E-state index in [0.29, 0.717) is 6.54 Å². The number of nitrogens with zero attached hydrogens (tertiary/aromatic N) is 1. The first-order valence-corrected chi connectivity index (χ1v) is 7.08. The van der Waals surface area contributed by atoms with E-state index in [-0.39, 0.29) is 35.7 Å². The van der Waals surface area contributed by atoms with Gasteiger partial charge in [-0.3, -0.25) is 9.59 Å². The molecule has 1 rings (SSSR count). The minimum absolute atomic E-state index is 0.0103. The van der Waals surface area contributed by atoms with Crippen molar-refractivity contribution in [3.63, 3.8) is 0 Å². The molecule has 0 aliphatic carbocycles. The number of amides is 2. The average Bonchev–Trinajstić information content (AvgIpc) is 2.38. The summed E-state index contributed by atoms with van der Waals surface area (Å²) >= 11 is 0. The van der Waals surface area contributed by atoms with Crippen LogP contribution >= 0.6 is 0 Å². The van der Waals surface area contributed by atoms with Gasteiger partial charge in [-0.25, -0.2) is 0 Å². The summed E-state index contributed by atoms with van der Waals surface area (Å²) in [6, 6.07) is -0.643. The predicted molar refractivity (Wildman–Crippen MR) is 72.0 cm³/mol. The molecule has 0 aromatic rings. The van der Waals surface area contributed by atoms with Crippen LogP contribution in [0.25, 0.3) is 0 Å². The van der Waals surface area contributed by atoms with Crippen molar-refractivity contribution in [2.24, 2.45) is 11.8 Å². The van der Waals surface area contributed by atoms with Crippen LogP contribution in [-0.4, -0.2) is 35.3 Å². The van der Waals surface area contributed by atoms with E-state index in [9.17, 15) is 9.59 Å². The Balaban J connectivity index is 2.96. The van der Waals surface area contributed by atoms with E-state index in [2.05, 4.69) is 12.2 Å². The van der Waals surface area contributed by atoms with Crippen molar-refractivity contribution in [3.8, 4) is 0 Å². The summed E-state index contributed by atoms with van der Waals surface area (Å²) in [7, 11) is 0. The van der Waals surface area contributed by atoms with Gasteiger partial charge in [-0.2, -0.15) is 0 Å². The molecule has 18 heavy (non-hydrogen) atoms.